The minimum Gasteiger partial charge on any atom is -0.493 e. The van der Waals surface area contributed by atoms with Crippen LogP contribution in [-0.2, 0) is 13.0 Å². The summed E-state index contributed by atoms with van der Waals surface area (Å²) in [6.07, 6.45) is 0.504. The van der Waals surface area contributed by atoms with Crippen molar-refractivity contribution in [2.24, 2.45) is 0 Å². The summed E-state index contributed by atoms with van der Waals surface area (Å²) in [4.78, 5) is 28.8. The van der Waals surface area contributed by atoms with Crippen LogP contribution >= 0.6 is 11.3 Å². The van der Waals surface area contributed by atoms with Gasteiger partial charge in [-0.05, 0) is 40.1 Å². The molecule has 0 saturated heterocycles. The first-order valence-electron chi connectivity index (χ1n) is 11.9. The van der Waals surface area contributed by atoms with Crippen LogP contribution in [0.2, 0.25) is 0 Å². The monoisotopic (exact) mass is 500 g/mol. The van der Waals surface area contributed by atoms with Gasteiger partial charge in [-0.2, -0.15) is 0 Å². The molecule has 0 radical (unpaired) electrons. The molecule has 0 fully saturated rings. The Morgan fingerprint density at radius 2 is 1.89 bits per heavy atom. The molecule has 7 nitrogen and oxygen atoms in total. The molecule has 3 N–H and O–H groups in total. The lowest BCUT2D eigenvalue weighted by atomic mass is 10.0. The van der Waals surface area contributed by atoms with Crippen molar-refractivity contribution < 1.29 is 24.0 Å². The Hall–Kier alpha value is -3.88. The van der Waals surface area contributed by atoms with Gasteiger partial charge in [0.2, 0.25) is 0 Å². The fourth-order valence-corrected chi connectivity index (χ4v) is 6.39. The molecule has 3 aromatic carbocycles. The van der Waals surface area contributed by atoms with Crippen molar-refractivity contribution in [2.75, 3.05) is 26.0 Å². The number of nitrogens with one attached hydrogen (secondary N) is 3. The topological polar surface area (TPSA) is 81.1 Å². The Morgan fingerprint density at radius 3 is 2.75 bits per heavy atom. The first-order chi connectivity index (χ1) is 17.5. The van der Waals surface area contributed by atoms with Crippen LogP contribution in [0.1, 0.15) is 42.9 Å². The van der Waals surface area contributed by atoms with Gasteiger partial charge in [0.05, 0.1) is 36.7 Å². The maximum absolute atomic E-state index is 13.1. The average Bonchev–Trinajstić information content (AvgIpc) is 3.26. The van der Waals surface area contributed by atoms with Crippen LogP contribution in [0.25, 0.3) is 10.8 Å². The van der Waals surface area contributed by atoms with E-state index in [1.54, 1.807) is 29.5 Å². The molecule has 4 aromatic rings. The van der Waals surface area contributed by atoms with E-state index in [1.807, 2.05) is 42.5 Å². The van der Waals surface area contributed by atoms with Crippen LogP contribution in [0, 0.1) is 0 Å². The molecule has 0 saturated carbocycles. The van der Waals surface area contributed by atoms with Gasteiger partial charge in [0.15, 0.2) is 11.5 Å². The molecule has 3 heterocycles. The third-order valence-electron chi connectivity index (χ3n) is 6.87. The first kappa shape index (κ1) is 22.6. The van der Waals surface area contributed by atoms with E-state index in [2.05, 4.69) is 17.7 Å². The van der Waals surface area contributed by atoms with E-state index in [9.17, 15) is 9.59 Å². The highest BCUT2D eigenvalue weighted by molar-refractivity contribution is 7.16. The van der Waals surface area contributed by atoms with E-state index in [-0.39, 0.29) is 5.91 Å². The largest absolute Gasteiger partial charge is 0.493 e. The van der Waals surface area contributed by atoms with Crippen LogP contribution in [0.15, 0.2) is 60.7 Å². The van der Waals surface area contributed by atoms with Crippen molar-refractivity contribution in [1.29, 1.82) is 0 Å². The van der Waals surface area contributed by atoms with Gasteiger partial charge in [-0.3, -0.25) is 4.79 Å². The zero-order valence-electron chi connectivity index (χ0n) is 20.0. The summed E-state index contributed by atoms with van der Waals surface area (Å²) in [7, 11) is 3.71. The van der Waals surface area contributed by atoms with Crippen LogP contribution in [0.3, 0.4) is 0 Å². The summed E-state index contributed by atoms with van der Waals surface area (Å²) in [5, 5.41) is 9.28. The molecule has 2 aliphatic rings. The SMILES string of the molecule is COc1cc([C@H]2NC(=O)c3c(sc4c3CC[NH+](C)C4)N2)ccc1OC(=O)c1cccc2ccccc12. The van der Waals surface area contributed by atoms with Crippen LogP contribution < -0.4 is 25.0 Å². The highest BCUT2D eigenvalue weighted by Gasteiger charge is 2.34. The number of esters is 1. The van der Waals surface area contributed by atoms with Crippen LogP contribution in [-0.4, -0.2) is 32.6 Å². The Morgan fingerprint density at radius 1 is 1.06 bits per heavy atom. The zero-order chi connectivity index (χ0) is 24.8. The van der Waals surface area contributed by atoms with E-state index in [1.165, 1.54) is 22.5 Å². The van der Waals surface area contributed by atoms with Crippen molar-refractivity contribution in [2.45, 2.75) is 19.1 Å². The smallest absolute Gasteiger partial charge is 0.344 e. The van der Waals surface area contributed by atoms with Gasteiger partial charge in [0.25, 0.3) is 5.91 Å². The van der Waals surface area contributed by atoms with Gasteiger partial charge in [-0.25, -0.2) is 4.79 Å². The molecule has 182 valence electrons. The van der Waals surface area contributed by atoms with Gasteiger partial charge in [-0.1, -0.05) is 42.5 Å². The number of ether oxygens (including phenoxy) is 2. The summed E-state index contributed by atoms with van der Waals surface area (Å²) in [6.45, 7) is 1.97. The first-order valence-corrected chi connectivity index (χ1v) is 12.7. The van der Waals surface area contributed by atoms with E-state index >= 15 is 0 Å². The minimum absolute atomic E-state index is 0.0590. The summed E-state index contributed by atoms with van der Waals surface area (Å²) in [6, 6.07) is 18.6. The Labute approximate surface area is 212 Å². The molecule has 1 unspecified atom stereocenters. The second-order valence-electron chi connectivity index (χ2n) is 9.22. The average molecular weight is 501 g/mol. The van der Waals surface area contributed by atoms with Crippen molar-refractivity contribution in [3.8, 4) is 11.5 Å². The van der Waals surface area contributed by atoms with Crippen molar-refractivity contribution in [3.05, 3.63) is 87.8 Å². The number of fused-ring (bicyclic) bond motifs is 4. The molecule has 36 heavy (non-hydrogen) atoms. The fraction of sp³-hybridized carbons (Fsp3) is 0.214. The second kappa shape index (κ2) is 8.96. The van der Waals surface area contributed by atoms with Gasteiger partial charge in [0.1, 0.15) is 17.7 Å². The third kappa shape index (κ3) is 3.88. The zero-order valence-corrected chi connectivity index (χ0v) is 20.8. The Kier molecular flexibility index (Phi) is 5.62. The molecule has 0 aliphatic carbocycles. The normalized spacial score (nSPS) is 18.6. The van der Waals surface area contributed by atoms with E-state index in [0.717, 1.165) is 46.4 Å². The summed E-state index contributed by atoms with van der Waals surface area (Å²) in [5.74, 6) is 0.220. The van der Waals surface area contributed by atoms with Gasteiger partial charge in [0, 0.05) is 6.42 Å². The number of hydrogen-bond acceptors (Lipinski definition) is 6. The lowest BCUT2D eigenvalue weighted by Gasteiger charge is -2.27. The number of quaternary nitrogens is 1. The molecule has 8 heteroatoms. The molecule has 0 spiro atoms. The number of anilines is 1. The molecule has 1 aromatic heterocycles. The molecule has 6 rings (SSSR count). The Bertz CT molecular complexity index is 1510. The van der Waals surface area contributed by atoms with Gasteiger partial charge >= 0.3 is 5.97 Å². The maximum Gasteiger partial charge on any atom is 0.344 e. The van der Waals surface area contributed by atoms with E-state index < -0.39 is 12.1 Å². The lowest BCUT2D eigenvalue weighted by Crippen LogP contribution is -3.08. The number of thiophene rings is 1. The van der Waals surface area contributed by atoms with Gasteiger partial charge in [-0.15, -0.1) is 11.3 Å². The van der Waals surface area contributed by atoms with Crippen molar-refractivity contribution >= 4 is 39.0 Å². The standard InChI is InChI=1S/C28H25N3O4S/c1-31-13-12-20-23(15-31)36-27-24(20)26(32)29-25(30-27)17-10-11-21(22(14-17)34-2)35-28(33)19-9-5-7-16-6-3-4-8-18(16)19/h3-11,14,25,30H,12-13,15H2,1-2H3,(H,29,32)/p+1/t25-/m0/s1. The molecule has 0 bridgehead atoms. The quantitative estimate of drug-likeness (QED) is 0.295. The number of carbonyl (C=O) groups is 2. The molecular formula is C28H26N3O4S+. The second-order valence-corrected chi connectivity index (χ2v) is 10.3. The highest BCUT2D eigenvalue weighted by atomic mass is 32.1. The molecule has 1 amide bonds. The number of hydrogen-bond donors (Lipinski definition) is 3. The lowest BCUT2D eigenvalue weighted by molar-refractivity contribution is -0.895. The minimum atomic E-state index is -0.456. The number of amides is 1. The summed E-state index contributed by atoms with van der Waals surface area (Å²) in [5.41, 5.74) is 3.26. The number of methoxy groups -OCH3 is 1. The summed E-state index contributed by atoms with van der Waals surface area (Å²) < 4.78 is 11.3. The van der Waals surface area contributed by atoms with Crippen molar-refractivity contribution in [3.63, 3.8) is 0 Å². The maximum atomic E-state index is 13.1. The highest BCUT2D eigenvalue weighted by Crippen LogP contribution is 2.40. The van der Waals surface area contributed by atoms with Crippen molar-refractivity contribution in [1.82, 2.24) is 5.32 Å². The fourth-order valence-electron chi connectivity index (χ4n) is 5.01. The number of benzene rings is 3. The van der Waals surface area contributed by atoms with E-state index in [0.29, 0.717) is 17.1 Å². The molecular weight excluding hydrogens is 474 g/mol. The molecule has 2 aliphatic heterocycles. The third-order valence-corrected chi connectivity index (χ3v) is 8.03. The predicted octanol–water partition coefficient (Wildman–Crippen LogP) is 3.55. The number of rotatable bonds is 4. The van der Waals surface area contributed by atoms with E-state index in [4.69, 9.17) is 9.47 Å². The Balaban J connectivity index is 1.26. The van der Waals surface area contributed by atoms with Crippen LogP contribution in [0.4, 0.5) is 5.00 Å². The predicted molar refractivity (Wildman–Crippen MR) is 139 cm³/mol. The number of likely N-dealkylation sites (N-methyl/N-ethyl adjacent to an activating group) is 1. The summed E-state index contributed by atoms with van der Waals surface area (Å²) >= 11 is 1.67. The number of carbonyl (C=O) groups excluding carboxylic acids is 2. The molecule has 2 atom stereocenters. The van der Waals surface area contributed by atoms with Crippen LogP contribution in [0.5, 0.6) is 11.5 Å². The van der Waals surface area contributed by atoms with Gasteiger partial charge < -0.3 is 25.0 Å².